The van der Waals surface area contributed by atoms with Gasteiger partial charge in [-0.1, -0.05) is 0 Å². The molecule has 0 bridgehead atoms. The van der Waals surface area contributed by atoms with Gasteiger partial charge in [0.25, 0.3) is 0 Å². The molecule has 0 fully saturated rings. The fourth-order valence-corrected chi connectivity index (χ4v) is 2.29. The van der Waals surface area contributed by atoms with Crippen molar-refractivity contribution in [2.24, 2.45) is 10.9 Å². The van der Waals surface area contributed by atoms with E-state index in [-0.39, 0.29) is 30.3 Å². The number of aromatic hydroxyl groups is 1. The molecule has 7 nitrogen and oxygen atoms in total. The SMILES string of the molecule is NCCC(=O)Nc1nc(-c2ccc(N=O)cc2O)cs1. The van der Waals surface area contributed by atoms with Crippen molar-refractivity contribution in [2.75, 3.05) is 11.9 Å². The number of aromatic nitrogens is 1. The van der Waals surface area contributed by atoms with Gasteiger partial charge in [-0.15, -0.1) is 16.2 Å². The van der Waals surface area contributed by atoms with Crippen molar-refractivity contribution in [1.29, 1.82) is 0 Å². The molecule has 0 radical (unpaired) electrons. The van der Waals surface area contributed by atoms with Crippen LogP contribution in [0.25, 0.3) is 11.3 Å². The maximum absolute atomic E-state index is 11.4. The van der Waals surface area contributed by atoms with Gasteiger partial charge in [-0.2, -0.15) is 0 Å². The van der Waals surface area contributed by atoms with E-state index >= 15 is 0 Å². The van der Waals surface area contributed by atoms with Crippen LogP contribution < -0.4 is 11.1 Å². The van der Waals surface area contributed by atoms with Crippen LogP contribution >= 0.6 is 11.3 Å². The average molecular weight is 292 g/mol. The van der Waals surface area contributed by atoms with Crippen molar-refractivity contribution in [1.82, 2.24) is 4.98 Å². The number of carbonyl (C=O) groups excluding carboxylic acids is 1. The van der Waals surface area contributed by atoms with Crippen LogP contribution in [0.15, 0.2) is 28.8 Å². The molecule has 1 aromatic heterocycles. The number of nitrogens with two attached hydrogens (primary N) is 1. The Morgan fingerprint density at radius 2 is 2.30 bits per heavy atom. The van der Waals surface area contributed by atoms with Gasteiger partial charge < -0.3 is 16.2 Å². The lowest BCUT2D eigenvalue weighted by Gasteiger charge is -2.01. The Morgan fingerprint density at radius 1 is 1.50 bits per heavy atom. The first-order valence-corrected chi connectivity index (χ1v) is 6.64. The first kappa shape index (κ1) is 14.1. The average Bonchev–Trinajstić information content (AvgIpc) is 2.86. The highest BCUT2D eigenvalue weighted by molar-refractivity contribution is 7.14. The molecule has 0 aliphatic rings. The van der Waals surface area contributed by atoms with Gasteiger partial charge in [0.05, 0.1) is 5.69 Å². The van der Waals surface area contributed by atoms with Gasteiger partial charge in [0.15, 0.2) is 5.13 Å². The topological polar surface area (TPSA) is 118 Å². The number of hydrogen-bond donors (Lipinski definition) is 3. The second-order valence-corrected chi connectivity index (χ2v) is 4.78. The Hall–Kier alpha value is -2.32. The summed E-state index contributed by atoms with van der Waals surface area (Å²) in [7, 11) is 0. The van der Waals surface area contributed by atoms with Gasteiger partial charge in [-0.25, -0.2) is 4.98 Å². The van der Waals surface area contributed by atoms with Crippen LogP contribution in [0.4, 0.5) is 10.8 Å². The Kier molecular flexibility index (Phi) is 4.38. The molecule has 0 saturated carbocycles. The lowest BCUT2D eigenvalue weighted by atomic mass is 10.1. The van der Waals surface area contributed by atoms with E-state index < -0.39 is 0 Å². The number of anilines is 1. The lowest BCUT2D eigenvalue weighted by Crippen LogP contribution is -2.15. The smallest absolute Gasteiger partial charge is 0.227 e. The zero-order valence-corrected chi connectivity index (χ0v) is 11.2. The number of thiazole rings is 1. The van der Waals surface area contributed by atoms with Gasteiger partial charge in [-0.3, -0.25) is 4.79 Å². The second-order valence-electron chi connectivity index (χ2n) is 3.92. The standard InChI is InChI=1S/C12H12N4O3S/c13-4-3-11(18)15-12-14-9(6-20-12)8-2-1-7(16-19)5-10(8)17/h1-2,5-6,17H,3-4,13H2,(H,14,15,18). The van der Waals surface area contributed by atoms with Crippen molar-refractivity contribution >= 4 is 28.1 Å². The van der Waals surface area contributed by atoms with E-state index in [1.54, 1.807) is 11.4 Å². The summed E-state index contributed by atoms with van der Waals surface area (Å²) < 4.78 is 0. The van der Waals surface area contributed by atoms with Gasteiger partial charge in [0, 0.05) is 30.0 Å². The molecule has 20 heavy (non-hydrogen) atoms. The highest BCUT2D eigenvalue weighted by Crippen LogP contribution is 2.34. The van der Waals surface area contributed by atoms with Crippen molar-refractivity contribution in [3.8, 4) is 17.0 Å². The number of nitrogens with one attached hydrogen (secondary N) is 1. The zero-order chi connectivity index (χ0) is 14.5. The molecular formula is C12H12N4O3S. The molecule has 0 saturated heterocycles. The molecule has 2 rings (SSSR count). The molecule has 0 atom stereocenters. The molecule has 0 aliphatic heterocycles. The van der Waals surface area contributed by atoms with Crippen LogP contribution in [0, 0.1) is 4.91 Å². The number of carbonyl (C=O) groups is 1. The third kappa shape index (κ3) is 3.16. The predicted molar refractivity (Wildman–Crippen MR) is 77.0 cm³/mol. The quantitative estimate of drug-likeness (QED) is 0.730. The fourth-order valence-electron chi connectivity index (χ4n) is 1.56. The van der Waals surface area contributed by atoms with E-state index in [1.807, 2.05) is 0 Å². The van der Waals surface area contributed by atoms with Crippen molar-refractivity contribution in [3.63, 3.8) is 0 Å². The summed E-state index contributed by atoms with van der Waals surface area (Å²) in [5.74, 6) is -0.301. The molecule has 0 aliphatic carbocycles. The number of benzene rings is 1. The summed E-state index contributed by atoms with van der Waals surface area (Å²) in [6.45, 7) is 0.269. The number of phenols is 1. The molecule has 1 amide bonds. The molecule has 2 aromatic rings. The van der Waals surface area contributed by atoms with Crippen LogP contribution in [0.2, 0.25) is 0 Å². The molecule has 1 heterocycles. The third-order valence-electron chi connectivity index (χ3n) is 2.48. The minimum atomic E-state index is -0.210. The summed E-state index contributed by atoms with van der Waals surface area (Å²) in [5.41, 5.74) is 6.39. The molecule has 8 heteroatoms. The number of nitroso groups, excluding NO2 is 1. The van der Waals surface area contributed by atoms with Gasteiger partial charge in [0.1, 0.15) is 11.4 Å². The summed E-state index contributed by atoms with van der Waals surface area (Å²) in [5, 5.41) is 17.3. The molecule has 0 spiro atoms. The van der Waals surface area contributed by atoms with Crippen LogP contribution in [0.3, 0.4) is 0 Å². The van der Waals surface area contributed by atoms with Gasteiger partial charge >= 0.3 is 0 Å². The largest absolute Gasteiger partial charge is 0.507 e. The Morgan fingerprint density at radius 3 is 2.95 bits per heavy atom. The van der Waals surface area contributed by atoms with Gasteiger partial charge in [-0.05, 0) is 17.3 Å². The van der Waals surface area contributed by atoms with E-state index in [0.29, 0.717) is 16.4 Å². The molecular weight excluding hydrogens is 280 g/mol. The predicted octanol–water partition coefficient (Wildman–Crippen LogP) is 2.20. The minimum absolute atomic E-state index is 0.0905. The van der Waals surface area contributed by atoms with Crippen molar-refractivity contribution in [3.05, 3.63) is 28.5 Å². The molecule has 1 aromatic carbocycles. The normalized spacial score (nSPS) is 10.2. The van der Waals surface area contributed by atoms with E-state index in [4.69, 9.17) is 5.73 Å². The van der Waals surface area contributed by atoms with E-state index in [9.17, 15) is 14.8 Å². The number of hydrogen-bond acceptors (Lipinski definition) is 7. The van der Waals surface area contributed by atoms with E-state index in [1.165, 1.54) is 23.5 Å². The first-order chi connectivity index (χ1) is 9.63. The van der Waals surface area contributed by atoms with Crippen LogP contribution in [-0.4, -0.2) is 22.5 Å². The maximum Gasteiger partial charge on any atom is 0.227 e. The monoisotopic (exact) mass is 292 g/mol. The number of rotatable bonds is 5. The summed E-state index contributed by atoms with van der Waals surface area (Å²) in [6.07, 6.45) is 0.222. The van der Waals surface area contributed by atoms with Crippen LogP contribution in [-0.2, 0) is 4.79 Å². The number of phenolic OH excluding ortho intramolecular Hbond substituents is 1. The summed E-state index contributed by atoms with van der Waals surface area (Å²) >= 11 is 1.24. The number of amides is 1. The second kappa shape index (κ2) is 6.22. The Bertz CT molecular complexity index is 641. The summed E-state index contributed by atoms with van der Waals surface area (Å²) in [4.78, 5) is 25.9. The van der Waals surface area contributed by atoms with Gasteiger partial charge in [0.2, 0.25) is 5.91 Å². The summed E-state index contributed by atoms with van der Waals surface area (Å²) in [6, 6.07) is 4.29. The Balaban J connectivity index is 2.20. The lowest BCUT2D eigenvalue weighted by molar-refractivity contribution is -0.116. The van der Waals surface area contributed by atoms with Crippen molar-refractivity contribution in [2.45, 2.75) is 6.42 Å². The number of nitrogens with zero attached hydrogens (tertiary/aromatic N) is 2. The highest BCUT2D eigenvalue weighted by atomic mass is 32.1. The van der Waals surface area contributed by atoms with Crippen LogP contribution in [0.5, 0.6) is 5.75 Å². The minimum Gasteiger partial charge on any atom is -0.507 e. The zero-order valence-electron chi connectivity index (χ0n) is 10.4. The molecule has 0 unspecified atom stereocenters. The maximum atomic E-state index is 11.4. The van der Waals surface area contributed by atoms with Crippen LogP contribution in [0.1, 0.15) is 6.42 Å². The van der Waals surface area contributed by atoms with Crippen molar-refractivity contribution < 1.29 is 9.90 Å². The molecule has 4 N–H and O–H groups in total. The third-order valence-corrected chi connectivity index (χ3v) is 3.24. The first-order valence-electron chi connectivity index (χ1n) is 5.76. The van der Waals surface area contributed by atoms with E-state index in [2.05, 4.69) is 15.5 Å². The highest BCUT2D eigenvalue weighted by Gasteiger charge is 2.11. The fraction of sp³-hybridized carbons (Fsp3) is 0.167. The van der Waals surface area contributed by atoms with E-state index in [0.717, 1.165) is 0 Å². The molecule has 104 valence electrons. The Labute approximate surface area is 118 Å².